The summed E-state index contributed by atoms with van der Waals surface area (Å²) in [5.74, 6) is 0.710. The highest BCUT2D eigenvalue weighted by Gasteiger charge is 2.11. The van der Waals surface area contributed by atoms with E-state index in [1.807, 2.05) is 44.2 Å². The molecule has 0 bridgehead atoms. The maximum Gasteiger partial charge on any atom is 0.279 e. The van der Waals surface area contributed by atoms with Crippen molar-refractivity contribution in [1.29, 1.82) is 0 Å². The zero-order valence-corrected chi connectivity index (χ0v) is 15.8. The monoisotopic (exact) mass is 367 g/mol. The van der Waals surface area contributed by atoms with Gasteiger partial charge < -0.3 is 20.5 Å². The number of nitrogens with zero attached hydrogens (tertiary/aromatic N) is 1. The third-order valence-electron chi connectivity index (χ3n) is 3.40. The van der Waals surface area contributed by atoms with Crippen LogP contribution in [0.4, 0.5) is 0 Å². The van der Waals surface area contributed by atoms with Gasteiger partial charge in [0, 0.05) is 18.7 Å². The van der Waals surface area contributed by atoms with Crippen molar-refractivity contribution < 1.29 is 14.3 Å². The molecular weight excluding hydrogens is 342 g/mol. The fraction of sp³-hybridized carbons (Fsp3) is 0.238. The number of amides is 1. The molecule has 27 heavy (non-hydrogen) atoms. The molecule has 0 saturated heterocycles. The molecule has 6 heteroatoms. The van der Waals surface area contributed by atoms with Gasteiger partial charge in [-0.25, -0.2) is 0 Å². The van der Waals surface area contributed by atoms with Crippen LogP contribution in [0.2, 0.25) is 0 Å². The average molecular weight is 367 g/mol. The van der Waals surface area contributed by atoms with Gasteiger partial charge in [0.1, 0.15) is 23.9 Å². The molecular formula is C21H25N3O3. The van der Waals surface area contributed by atoms with Crippen LogP contribution in [0.3, 0.4) is 0 Å². The van der Waals surface area contributed by atoms with Crippen molar-refractivity contribution in [2.24, 2.45) is 10.7 Å². The van der Waals surface area contributed by atoms with Gasteiger partial charge in [-0.05, 0) is 43.8 Å². The maximum atomic E-state index is 12.4. The van der Waals surface area contributed by atoms with Crippen molar-refractivity contribution in [3.05, 3.63) is 71.9 Å². The van der Waals surface area contributed by atoms with E-state index in [0.717, 1.165) is 5.56 Å². The first-order valence-electron chi connectivity index (χ1n) is 8.68. The quantitative estimate of drug-likeness (QED) is 0.552. The fourth-order valence-corrected chi connectivity index (χ4v) is 2.25. The molecule has 142 valence electrons. The van der Waals surface area contributed by atoms with Crippen molar-refractivity contribution in [2.75, 3.05) is 7.05 Å². The van der Waals surface area contributed by atoms with Crippen LogP contribution < -0.4 is 20.5 Å². The van der Waals surface area contributed by atoms with Gasteiger partial charge in [0.05, 0.1) is 6.10 Å². The third-order valence-corrected chi connectivity index (χ3v) is 3.40. The second kappa shape index (κ2) is 10.0. The Kier molecular flexibility index (Phi) is 7.43. The summed E-state index contributed by atoms with van der Waals surface area (Å²) < 4.78 is 11.6. The highest BCUT2D eigenvalue weighted by Crippen LogP contribution is 2.25. The van der Waals surface area contributed by atoms with E-state index < -0.39 is 5.91 Å². The Labute approximate surface area is 159 Å². The molecule has 0 saturated carbocycles. The minimum Gasteiger partial charge on any atom is -0.491 e. The van der Waals surface area contributed by atoms with E-state index in [2.05, 4.69) is 10.3 Å². The van der Waals surface area contributed by atoms with Crippen LogP contribution in [0.5, 0.6) is 11.5 Å². The van der Waals surface area contributed by atoms with E-state index in [1.165, 1.54) is 6.08 Å². The molecule has 6 nitrogen and oxygen atoms in total. The molecule has 0 fully saturated rings. The number of nitrogens with one attached hydrogen (secondary N) is 1. The van der Waals surface area contributed by atoms with Crippen LogP contribution in [0.1, 0.15) is 29.8 Å². The lowest BCUT2D eigenvalue weighted by Crippen LogP contribution is -2.13. The van der Waals surface area contributed by atoms with Crippen LogP contribution >= 0.6 is 0 Å². The molecule has 2 aromatic carbocycles. The highest BCUT2D eigenvalue weighted by atomic mass is 16.5. The van der Waals surface area contributed by atoms with Gasteiger partial charge in [-0.1, -0.05) is 30.3 Å². The lowest BCUT2D eigenvalue weighted by Gasteiger charge is -2.13. The summed E-state index contributed by atoms with van der Waals surface area (Å²) in [6, 6.07) is 14.8. The van der Waals surface area contributed by atoms with E-state index in [1.54, 1.807) is 31.4 Å². The molecule has 2 rings (SSSR count). The smallest absolute Gasteiger partial charge is 0.279 e. The van der Waals surface area contributed by atoms with E-state index in [4.69, 9.17) is 15.2 Å². The van der Waals surface area contributed by atoms with E-state index in [9.17, 15) is 4.79 Å². The van der Waals surface area contributed by atoms with E-state index in [-0.39, 0.29) is 11.9 Å². The van der Waals surface area contributed by atoms with E-state index >= 15 is 0 Å². The largest absolute Gasteiger partial charge is 0.491 e. The molecule has 0 aliphatic carbocycles. The molecule has 0 aliphatic heterocycles. The van der Waals surface area contributed by atoms with Crippen molar-refractivity contribution in [3.8, 4) is 11.5 Å². The molecule has 3 N–H and O–H groups in total. The Hall–Kier alpha value is -3.28. The predicted molar refractivity (Wildman–Crippen MR) is 107 cm³/mol. The van der Waals surface area contributed by atoms with Gasteiger partial charge >= 0.3 is 0 Å². The molecule has 0 unspecified atom stereocenters. The topological polar surface area (TPSA) is 85.9 Å². The number of aliphatic imine (C=N–C) groups is 1. The first kappa shape index (κ1) is 20.0. The van der Waals surface area contributed by atoms with Crippen LogP contribution in [0, 0.1) is 0 Å². The number of carbonyl (C=O) groups excluding carboxylic acids is 1. The molecule has 2 aromatic rings. The summed E-state index contributed by atoms with van der Waals surface area (Å²) in [7, 11) is 1.73. The Balaban J connectivity index is 2.24. The summed E-state index contributed by atoms with van der Waals surface area (Å²) in [5.41, 5.74) is 7.10. The lowest BCUT2D eigenvalue weighted by atomic mass is 10.2. The summed E-state index contributed by atoms with van der Waals surface area (Å²) in [6.07, 6.45) is 3.07. The number of nitrogens with two attached hydrogens (primary N) is 1. The second-order valence-electron chi connectivity index (χ2n) is 6.10. The lowest BCUT2D eigenvalue weighted by molar-refractivity contribution is 0.100. The first-order valence-corrected chi connectivity index (χ1v) is 8.68. The zero-order valence-electron chi connectivity index (χ0n) is 15.8. The summed E-state index contributed by atoms with van der Waals surface area (Å²) in [4.78, 5) is 16.3. The SMILES string of the molecule is CN/C=C\C(N)=NC(=O)c1cc(OCc2ccccc2)cc(OC(C)C)c1. The molecule has 0 aromatic heterocycles. The van der Waals surface area contributed by atoms with Crippen LogP contribution in [0.25, 0.3) is 0 Å². The normalized spacial score (nSPS) is 11.6. The van der Waals surface area contributed by atoms with Gasteiger partial charge in [-0.15, -0.1) is 0 Å². The summed E-state index contributed by atoms with van der Waals surface area (Å²) in [6.45, 7) is 4.21. The number of rotatable bonds is 8. The summed E-state index contributed by atoms with van der Waals surface area (Å²) >= 11 is 0. The van der Waals surface area contributed by atoms with Crippen molar-refractivity contribution in [3.63, 3.8) is 0 Å². The average Bonchev–Trinajstić information content (AvgIpc) is 2.65. The number of carbonyl (C=O) groups is 1. The first-order chi connectivity index (χ1) is 13.0. The Morgan fingerprint density at radius 3 is 2.56 bits per heavy atom. The van der Waals surface area contributed by atoms with Crippen molar-refractivity contribution in [1.82, 2.24) is 5.32 Å². The summed E-state index contributed by atoms with van der Waals surface area (Å²) in [5, 5.41) is 2.79. The van der Waals surface area contributed by atoms with Crippen molar-refractivity contribution >= 4 is 11.7 Å². The molecule has 1 amide bonds. The fourth-order valence-electron chi connectivity index (χ4n) is 2.25. The number of hydrogen-bond donors (Lipinski definition) is 2. The third kappa shape index (κ3) is 6.86. The van der Waals surface area contributed by atoms with Crippen LogP contribution in [0.15, 0.2) is 65.8 Å². The van der Waals surface area contributed by atoms with Crippen molar-refractivity contribution in [2.45, 2.75) is 26.6 Å². The van der Waals surface area contributed by atoms with Gasteiger partial charge in [0.2, 0.25) is 0 Å². The minimum atomic E-state index is -0.466. The maximum absolute atomic E-state index is 12.4. The molecule has 0 aliphatic rings. The molecule has 0 heterocycles. The molecule has 0 spiro atoms. The second-order valence-corrected chi connectivity index (χ2v) is 6.10. The van der Waals surface area contributed by atoms with Crippen LogP contribution in [-0.4, -0.2) is 24.9 Å². The molecule has 0 atom stereocenters. The number of benzene rings is 2. The minimum absolute atomic E-state index is 0.0375. The standard InChI is InChI=1S/C21H25N3O3/c1-15(2)27-19-12-17(21(25)24-20(22)9-10-23-3)11-18(13-19)26-14-16-7-5-4-6-8-16/h4-13,15,23H,14H2,1-3H3,(H2,22,24,25)/b10-9-. The van der Waals surface area contributed by atoms with Gasteiger partial charge in [-0.3, -0.25) is 4.79 Å². The highest BCUT2D eigenvalue weighted by molar-refractivity contribution is 6.06. The number of hydrogen-bond acceptors (Lipinski definition) is 4. The van der Waals surface area contributed by atoms with Gasteiger partial charge in [-0.2, -0.15) is 4.99 Å². The van der Waals surface area contributed by atoms with Gasteiger partial charge in [0.25, 0.3) is 5.91 Å². The Morgan fingerprint density at radius 2 is 1.89 bits per heavy atom. The van der Waals surface area contributed by atoms with Crippen LogP contribution in [-0.2, 0) is 6.61 Å². The van der Waals surface area contributed by atoms with E-state index in [0.29, 0.717) is 23.7 Å². The number of ether oxygens (including phenoxy) is 2. The molecule has 0 radical (unpaired) electrons. The predicted octanol–water partition coefficient (Wildman–Crippen LogP) is 3.28. The Morgan fingerprint density at radius 1 is 1.19 bits per heavy atom. The van der Waals surface area contributed by atoms with Gasteiger partial charge in [0.15, 0.2) is 0 Å². The Bertz CT molecular complexity index is 815. The number of amidine groups is 1. The zero-order chi connectivity index (χ0) is 19.6.